The fourth-order valence-corrected chi connectivity index (χ4v) is 2.07. The van der Waals surface area contributed by atoms with Crippen LogP contribution >= 0.6 is 0 Å². The van der Waals surface area contributed by atoms with Crippen LogP contribution in [0.1, 0.15) is 29.8 Å². The van der Waals surface area contributed by atoms with Crippen LogP contribution in [0.25, 0.3) is 6.08 Å². The van der Waals surface area contributed by atoms with Crippen molar-refractivity contribution in [3.63, 3.8) is 0 Å². The summed E-state index contributed by atoms with van der Waals surface area (Å²) < 4.78 is 11.1. The molecule has 23 heavy (non-hydrogen) atoms. The lowest BCUT2D eigenvalue weighted by atomic mass is 10.1. The molecule has 0 spiro atoms. The second-order valence-corrected chi connectivity index (χ2v) is 5.29. The molecule has 0 aromatic heterocycles. The quantitative estimate of drug-likeness (QED) is 0.645. The zero-order chi connectivity index (χ0) is 16.8. The van der Waals surface area contributed by atoms with Crippen LogP contribution in [-0.2, 0) is 0 Å². The van der Waals surface area contributed by atoms with Crippen LogP contribution in [0.15, 0.2) is 48.5 Å². The number of carbonyl (C=O) groups is 1. The predicted molar refractivity (Wildman–Crippen MR) is 90.2 cm³/mol. The summed E-state index contributed by atoms with van der Waals surface area (Å²) in [6.07, 6.45) is 3.18. The van der Waals surface area contributed by atoms with E-state index in [-0.39, 0.29) is 17.6 Å². The Bertz CT molecular complexity index is 700. The second-order valence-electron chi connectivity index (χ2n) is 5.29. The molecule has 0 saturated heterocycles. The molecule has 2 rings (SSSR count). The van der Waals surface area contributed by atoms with E-state index >= 15 is 0 Å². The molecule has 0 amide bonds. The number of ketones is 1. The van der Waals surface area contributed by atoms with E-state index in [0.717, 1.165) is 5.56 Å². The first-order chi connectivity index (χ1) is 11.0. The number of allylic oxidation sites excluding steroid dienone is 1. The number of aromatic hydroxyl groups is 1. The number of ether oxygens (including phenoxy) is 2. The summed E-state index contributed by atoms with van der Waals surface area (Å²) in [7, 11) is 1.58. The van der Waals surface area contributed by atoms with Gasteiger partial charge in [0.05, 0.1) is 13.2 Å². The standard InChI is InChI=1S/C19H20O4/c1-13(2)23-19-15(5-4-6-18(19)22-3)9-12-17(21)14-7-10-16(20)11-8-14/h4-13,20H,1-3H3. The Labute approximate surface area is 136 Å². The maximum atomic E-state index is 12.2. The van der Waals surface area contributed by atoms with Crippen molar-refractivity contribution in [3.05, 3.63) is 59.7 Å². The van der Waals surface area contributed by atoms with Crippen LogP contribution in [0.5, 0.6) is 17.2 Å². The van der Waals surface area contributed by atoms with Crippen molar-refractivity contribution in [3.8, 4) is 17.2 Å². The molecule has 0 bridgehead atoms. The van der Waals surface area contributed by atoms with Crippen LogP contribution in [0.2, 0.25) is 0 Å². The average molecular weight is 312 g/mol. The van der Waals surface area contributed by atoms with Gasteiger partial charge in [-0.3, -0.25) is 4.79 Å². The number of carbonyl (C=O) groups excluding carboxylic acids is 1. The lowest BCUT2D eigenvalue weighted by Gasteiger charge is -2.15. The molecule has 120 valence electrons. The number of hydrogen-bond donors (Lipinski definition) is 1. The highest BCUT2D eigenvalue weighted by Gasteiger charge is 2.11. The van der Waals surface area contributed by atoms with E-state index in [1.54, 1.807) is 25.3 Å². The van der Waals surface area contributed by atoms with Crippen LogP contribution < -0.4 is 9.47 Å². The summed E-state index contributed by atoms with van der Waals surface area (Å²) in [4.78, 5) is 12.2. The third-order valence-electron chi connectivity index (χ3n) is 3.15. The number of phenolic OH excluding ortho intramolecular Hbond substituents is 1. The molecule has 0 radical (unpaired) electrons. The van der Waals surface area contributed by atoms with Gasteiger partial charge in [0.2, 0.25) is 0 Å². The highest BCUT2D eigenvalue weighted by atomic mass is 16.5. The van der Waals surface area contributed by atoms with Crippen LogP contribution in [0.4, 0.5) is 0 Å². The maximum absolute atomic E-state index is 12.2. The normalized spacial score (nSPS) is 11.0. The van der Waals surface area contributed by atoms with Crippen molar-refractivity contribution in [2.24, 2.45) is 0 Å². The Morgan fingerprint density at radius 3 is 2.43 bits per heavy atom. The molecule has 2 aromatic rings. The van der Waals surface area contributed by atoms with Crippen molar-refractivity contribution in [1.82, 2.24) is 0 Å². The second kappa shape index (κ2) is 7.49. The number of benzene rings is 2. The Balaban J connectivity index is 2.28. The molecular formula is C19H20O4. The Kier molecular flexibility index (Phi) is 5.41. The summed E-state index contributed by atoms with van der Waals surface area (Å²) in [5, 5.41) is 9.26. The van der Waals surface area contributed by atoms with Crippen molar-refractivity contribution in [1.29, 1.82) is 0 Å². The van der Waals surface area contributed by atoms with E-state index in [1.165, 1.54) is 18.2 Å². The SMILES string of the molecule is COc1cccc(C=CC(=O)c2ccc(O)cc2)c1OC(C)C. The molecular weight excluding hydrogens is 292 g/mol. The molecule has 2 aromatic carbocycles. The lowest BCUT2D eigenvalue weighted by molar-refractivity contribution is 0.104. The van der Waals surface area contributed by atoms with Gasteiger partial charge in [0.25, 0.3) is 0 Å². The summed E-state index contributed by atoms with van der Waals surface area (Å²) in [6.45, 7) is 3.86. The average Bonchev–Trinajstić information content (AvgIpc) is 2.53. The molecule has 4 heteroatoms. The predicted octanol–water partition coefficient (Wildman–Crippen LogP) is 4.08. The zero-order valence-corrected chi connectivity index (χ0v) is 13.4. The monoisotopic (exact) mass is 312 g/mol. The molecule has 0 atom stereocenters. The van der Waals surface area contributed by atoms with E-state index in [0.29, 0.717) is 17.1 Å². The fourth-order valence-electron chi connectivity index (χ4n) is 2.07. The van der Waals surface area contributed by atoms with Gasteiger partial charge in [-0.15, -0.1) is 0 Å². The van der Waals surface area contributed by atoms with Crippen molar-refractivity contribution in [2.45, 2.75) is 20.0 Å². The summed E-state index contributed by atoms with van der Waals surface area (Å²) in [6, 6.07) is 11.7. The number of hydrogen-bond acceptors (Lipinski definition) is 4. The summed E-state index contributed by atoms with van der Waals surface area (Å²) >= 11 is 0. The van der Waals surface area contributed by atoms with Gasteiger partial charge in [-0.25, -0.2) is 0 Å². The van der Waals surface area contributed by atoms with Gasteiger partial charge in [-0.05, 0) is 56.3 Å². The van der Waals surface area contributed by atoms with Gasteiger partial charge in [0.1, 0.15) is 5.75 Å². The Morgan fingerprint density at radius 1 is 1.13 bits per heavy atom. The molecule has 0 aliphatic rings. The number of rotatable bonds is 6. The van der Waals surface area contributed by atoms with E-state index in [1.807, 2.05) is 32.0 Å². The van der Waals surface area contributed by atoms with E-state index < -0.39 is 0 Å². The number of phenols is 1. The minimum atomic E-state index is -0.150. The third kappa shape index (κ3) is 4.36. The molecule has 0 saturated carbocycles. The van der Waals surface area contributed by atoms with Crippen LogP contribution in [0.3, 0.4) is 0 Å². The van der Waals surface area contributed by atoms with Gasteiger partial charge in [-0.2, -0.15) is 0 Å². The van der Waals surface area contributed by atoms with E-state index in [9.17, 15) is 9.90 Å². The van der Waals surface area contributed by atoms with Gasteiger partial charge in [0.15, 0.2) is 17.3 Å². The molecule has 4 nitrogen and oxygen atoms in total. The minimum Gasteiger partial charge on any atom is -0.508 e. The lowest BCUT2D eigenvalue weighted by Crippen LogP contribution is -2.08. The van der Waals surface area contributed by atoms with E-state index in [4.69, 9.17) is 9.47 Å². The van der Waals surface area contributed by atoms with Crippen molar-refractivity contribution < 1.29 is 19.4 Å². The van der Waals surface area contributed by atoms with Crippen LogP contribution in [0, 0.1) is 0 Å². The number of methoxy groups -OCH3 is 1. The van der Waals surface area contributed by atoms with Gasteiger partial charge in [0, 0.05) is 11.1 Å². The van der Waals surface area contributed by atoms with Crippen molar-refractivity contribution in [2.75, 3.05) is 7.11 Å². The molecule has 0 unspecified atom stereocenters. The summed E-state index contributed by atoms with van der Waals surface area (Å²) in [5.74, 6) is 1.21. The van der Waals surface area contributed by atoms with Gasteiger partial charge >= 0.3 is 0 Å². The third-order valence-corrected chi connectivity index (χ3v) is 3.15. The minimum absolute atomic E-state index is 0.00810. The first kappa shape index (κ1) is 16.6. The van der Waals surface area contributed by atoms with Crippen LogP contribution in [-0.4, -0.2) is 24.1 Å². The highest BCUT2D eigenvalue weighted by molar-refractivity contribution is 6.07. The van der Waals surface area contributed by atoms with Gasteiger partial charge < -0.3 is 14.6 Å². The Hall–Kier alpha value is -2.75. The summed E-state index contributed by atoms with van der Waals surface area (Å²) in [5.41, 5.74) is 1.28. The smallest absolute Gasteiger partial charge is 0.185 e. The topological polar surface area (TPSA) is 55.8 Å². The first-order valence-corrected chi connectivity index (χ1v) is 7.36. The highest BCUT2D eigenvalue weighted by Crippen LogP contribution is 2.32. The number of para-hydroxylation sites is 1. The molecule has 0 heterocycles. The molecule has 1 N–H and O–H groups in total. The largest absolute Gasteiger partial charge is 0.508 e. The first-order valence-electron chi connectivity index (χ1n) is 7.36. The molecule has 0 aliphatic heterocycles. The van der Waals surface area contributed by atoms with E-state index in [2.05, 4.69) is 0 Å². The van der Waals surface area contributed by atoms with Crippen molar-refractivity contribution >= 4 is 11.9 Å². The fraction of sp³-hybridized carbons (Fsp3) is 0.211. The van der Waals surface area contributed by atoms with Gasteiger partial charge in [-0.1, -0.05) is 12.1 Å². The Morgan fingerprint density at radius 2 is 1.83 bits per heavy atom. The molecule has 0 aliphatic carbocycles. The molecule has 0 fully saturated rings. The zero-order valence-electron chi connectivity index (χ0n) is 13.4. The maximum Gasteiger partial charge on any atom is 0.185 e.